The molecule has 0 saturated carbocycles. The lowest BCUT2D eigenvalue weighted by atomic mass is 10.2. The highest BCUT2D eigenvalue weighted by atomic mass is 32.2. The van der Waals surface area contributed by atoms with Crippen LogP contribution in [0.25, 0.3) is 0 Å². The minimum absolute atomic E-state index is 0.0647. The highest BCUT2D eigenvalue weighted by molar-refractivity contribution is 8.00. The Kier molecular flexibility index (Phi) is 7.13. The van der Waals surface area contributed by atoms with Gasteiger partial charge in [-0.2, -0.15) is 18.4 Å². The number of hydrogen-bond acceptors (Lipinski definition) is 4. The molecular formula is C19H17F3N2O2S. The summed E-state index contributed by atoms with van der Waals surface area (Å²) < 4.78 is 43.7. The third-order valence-corrected chi connectivity index (χ3v) is 4.63. The molecule has 0 aliphatic rings. The van der Waals surface area contributed by atoms with E-state index in [0.717, 1.165) is 23.9 Å². The summed E-state index contributed by atoms with van der Waals surface area (Å²) in [5, 5.41) is 8.85. The highest BCUT2D eigenvalue weighted by Crippen LogP contribution is 2.33. The Balaban J connectivity index is 2.16. The number of nitriles is 1. The van der Waals surface area contributed by atoms with Crippen LogP contribution in [0.1, 0.15) is 12.0 Å². The van der Waals surface area contributed by atoms with Gasteiger partial charge in [0.05, 0.1) is 36.6 Å². The zero-order chi connectivity index (χ0) is 19.9. The Morgan fingerprint density at radius 1 is 1.22 bits per heavy atom. The van der Waals surface area contributed by atoms with Gasteiger partial charge in [-0.25, -0.2) is 0 Å². The van der Waals surface area contributed by atoms with Gasteiger partial charge < -0.3 is 9.64 Å². The van der Waals surface area contributed by atoms with Crippen LogP contribution in [0, 0.1) is 11.3 Å². The van der Waals surface area contributed by atoms with Crippen molar-refractivity contribution in [1.29, 1.82) is 5.26 Å². The zero-order valence-electron chi connectivity index (χ0n) is 14.5. The summed E-state index contributed by atoms with van der Waals surface area (Å²) in [5.41, 5.74) is -0.240. The number of methoxy groups -OCH3 is 1. The summed E-state index contributed by atoms with van der Waals surface area (Å²) in [7, 11) is 1.48. The number of benzene rings is 2. The number of anilines is 1. The molecule has 0 bridgehead atoms. The molecule has 27 heavy (non-hydrogen) atoms. The van der Waals surface area contributed by atoms with E-state index in [4.69, 9.17) is 10.00 Å². The molecule has 2 aromatic rings. The molecule has 4 nitrogen and oxygen atoms in total. The average Bonchev–Trinajstić information content (AvgIpc) is 2.66. The summed E-state index contributed by atoms with van der Waals surface area (Å²) in [6.45, 7) is 0.166. The Morgan fingerprint density at radius 3 is 2.63 bits per heavy atom. The number of nitrogens with zero attached hydrogens (tertiary/aromatic N) is 2. The minimum atomic E-state index is -4.43. The Bertz CT molecular complexity index is 834. The molecule has 0 radical (unpaired) electrons. The average molecular weight is 394 g/mol. The zero-order valence-corrected chi connectivity index (χ0v) is 15.3. The number of ether oxygens (including phenoxy) is 1. The van der Waals surface area contributed by atoms with Crippen LogP contribution in [-0.4, -0.2) is 25.3 Å². The number of amides is 1. The van der Waals surface area contributed by atoms with Crippen molar-refractivity contribution >= 4 is 23.4 Å². The predicted molar refractivity (Wildman–Crippen MR) is 97.7 cm³/mol. The van der Waals surface area contributed by atoms with Crippen molar-refractivity contribution in [3.63, 3.8) is 0 Å². The van der Waals surface area contributed by atoms with Crippen molar-refractivity contribution in [2.75, 3.05) is 24.3 Å². The Labute approximate surface area is 159 Å². The number of alkyl halides is 3. The van der Waals surface area contributed by atoms with Gasteiger partial charge in [0, 0.05) is 11.4 Å². The highest BCUT2D eigenvalue weighted by Gasteiger charge is 2.30. The second kappa shape index (κ2) is 9.33. The molecule has 142 valence electrons. The van der Waals surface area contributed by atoms with Gasteiger partial charge in [-0.1, -0.05) is 18.2 Å². The minimum Gasteiger partial charge on any atom is -0.495 e. The monoisotopic (exact) mass is 394 g/mol. The molecule has 0 aromatic heterocycles. The molecule has 0 spiro atoms. The maximum absolute atomic E-state index is 12.8. The predicted octanol–water partition coefficient (Wildman–Crippen LogP) is 4.75. The standard InChI is InChI=1S/C19H17F3N2O2S/c1-26-17-9-3-2-8-16(17)24(11-5-10-23)18(25)13-27-15-7-4-6-14(12-15)19(20,21)22/h2-4,6-9,12H,5,11,13H2,1H3. The smallest absolute Gasteiger partial charge is 0.416 e. The van der Waals surface area contributed by atoms with Crippen LogP contribution in [0.2, 0.25) is 0 Å². The molecule has 0 heterocycles. The molecule has 1 amide bonds. The fraction of sp³-hybridized carbons (Fsp3) is 0.263. The first-order valence-electron chi connectivity index (χ1n) is 7.97. The lowest BCUT2D eigenvalue weighted by molar-refractivity contribution is -0.137. The number of halogens is 3. The van der Waals surface area contributed by atoms with Gasteiger partial charge in [0.1, 0.15) is 5.75 Å². The van der Waals surface area contributed by atoms with Crippen molar-refractivity contribution in [1.82, 2.24) is 0 Å². The van der Waals surface area contributed by atoms with Gasteiger partial charge in [0.2, 0.25) is 5.91 Å². The first kappa shape index (κ1) is 20.6. The molecule has 0 aliphatic carbocycles. The van der Waals surface area contributed by atoms with Crippen molar-refractivity contribution < 1.29 is 22.7 Å². The van der Waals surface area contributed by atoms with Crippen LogP contribution >= 0.6 is 11.8 Å². The number of hydrogen-bond donors (Lipinski definition) is 0. The maximum atomic E-state index is 12.8. The second-order valence-corrected chi connectivity index (χ2v) is 6.49. The van der Waals surface area contributed by atoms with Crippen LogP contribution in [0.4, 0.5) is 18.9 Å². The third-order valence-electron chi connectivity index (χ3n) is 3.65. The summed E-state index contributed by atoms with van der Waals surface area (Å²) >= 11 is 1.01. The number of carbonyl (C=O) groups is 1. The Morgan fingerprint density at radius 2 is 1.96 bits per heavy atom. The first-order chi connectivity index (χ1) is 12.9. The van der Waals surface area contributed by atoms with Gasteiger partial charge in [0.25, 0.3) is 0 Å². The van der Waals surface area contributed by atoms with Gasteiger partial charge in [-0.15, -0.1) is 11.8 Å². The van der Waals surface area contributed by atoms with E-state index < -0.39 is 11.7 Å². The summed E-state index contributed by atoms with van der Waals surface area (Å²) in [6, 6.07) is 13.7. The van der Waals surface area contributed by atoms with Crippen LogP contribution < -0.4 is 9.64 Å². The molecule has 2 aromatic carbocycles. The van der Waals surface area contributed by atoms with Crippen LogP contribution in [0.5, 0.6) is 5.75 Å². The van der Waals surface area contributed by atoms with E-state index in [0.29, 0.717) is 16.3 Å². The quantitative estimate of drug-likeness (QED) is 0.636. The molecule has 0 atom stereocenters. The third kappa shape index (κ3) is 5.66. The molecule has 8 heteroatoms. The fourth-order valence-electron chi connectivity index (χ4n) is 2.38. The van der Waals surface area contributed by atoms with E-state index in [9.17, 15) is 18.0 Å². The van der Waals surface area contributed by atoms with E-state index in [1.165, 1.54) is 24.1 Å². The lowest BCUT2D eigenvalue weighted by Gasteiger charge is -2.23. The van der Waals surface area contributed by atoms with Crippen LogP contribution in [0.3, 0.4) is 0 Å². The van der Waals surface area contributed by atoms with Gasteiger partial charge in [-0.05, 0) is 30.3 Å². The number of carbonyl (C=O) groups excluding carboxylic acids is 1. The normalized spacial score (nSPS) is 10.9. The maximum Gasteiger partial charge on any atom is 0.416 e. The topological polar surface area (TPSA) is 53.3 Å². The van der Waals surface area contributed by atoms with Crippen molar-refractivity contribution in [2.45, 2.75) is 17.5 Å². The van der Waals surface area contributed by atoms with Crippen molar-refractivity contribution in [3.05, 3.63) is 54.1 Å². The van der Waals surface area contributed by atoms with E-state index in [1.807, 2.05) is 6.07 Å². The lowest BCUT2D eigenvalue weighted by Crippen LogP contribution is -2.33. The molecule has 2 rings (SSSR count). The van der Waals surface area contributed by atoms with E-state index >= 15 is 0 Å². The number of para-hydroxylation sites is 2. The second-order valence-electron chi connectivity index (χ2n) is 5.44. The largest absolute Gasteiger partial charge is 0.495 e. The van der Waals surface area contributed by atoms with Crippen LogP contribution in [0.15, 0.2) is 53.4 Å². The summed E-state index contributed by atoms with van der Waals surface area (Å²) in [6.07, 6.45) is -4.31. The molecule has 0 N–H and O–H groups in total. The fourth-order valence-corrected chi connectivity index (χ4v) is 3.21. The van der Waals surface area contributed by atoms with Gasteiger partial charge in [0.15, 0.2) is 0 Å². The van der Waals surface area contributed by atoms with Gasteiger partial charge in [-0.3, -0.25) is 4.79 Å². The SMILES string of the molecule is COc1ccccc1N(CCC#N)C(=O)CSc1cccc(C(F)(F)F)c1. The van der Waals surface area contributed by atoms with Gasteiger partial charge >= 0.3 is 6.18 Å². The summed E-state index contributed by atoms with van der Waals surface area (Å²) in [5.74, 6) is 0.0927. The van der Waals surface area contributed by atoms with E-state index in [-0.39, 0.29) is 24.6 Å². The molecule has 0 fully saturated rings. The molecule has 0 saturated heterocycles. The molecular weight excluding hydrogens is 377 g/mol. The number of thioether (sulfide) groups is 1. The van der Waals surface area contributed by atoms with Crippen LogP contribution in [-0.2, 0) is 11.0 Å². The summed E-state index contributed by atoms with van der Waals surface area (Å²) in [4.78, 5) is 14.5. The first-order valence-corrected chi connectivity index (χ1v) is 8.95. The molecule has 0 unspecified atom stereocenters. The van der Waals surface area contributed by atoms with E-state index in [1.54, 1.807) is 24.3 Å². The van der Waals surface area contributed by atoms with Crippen molar-refractivity contribution in [2.24, 2.45) is 0 Å². The Hall–Kier alpha value is -2.66. The van der Waals surface area contributed by atoms with Crippen molar-refractivity contribution in [3.8, 4) is 11.8 Å². The van der Waals surface area contributed by atoms with E-state index in [2.05, 4.69) is 0 Å². The number of rotatable bonds is 7. The molecule has 0 aliphatic heterocycles.